The smallest absolute Gasteiger partial charge is 0.252 e. The van der Waals surface area contributed by atoms with Crippen LogP contribution in [0.4, 0.5) is 0 Å². The first-order valence-corrected chi connectivity index (χ1v) is 7.47. The van der Waals surface area contributed by atoms with Crippen LogP contribution in [0.5, 0.6) is 11.5 Å². The van der Waals surface area contributed by atoms with Crippen LogP contribution in [0, 0.1) is 0 Å². The number of benzene rings is 1. The van der Waals surface area contributed by atoms with E-state index in [1.807, 2.05) is 0 Å². The van der Waals surface area contributed by atoms with Gasteiger partial charge < -0.3 is 23.7 Å². The molecule has 7 heteroatoms. The number of ether oxygens (including phenoxy) is 5. The maximum absolute atomic E-state index is 11.3. The van der Waals surface area contributed by atoms with Gasteiger partial charge in [0, 0.05) is 11.6 Å². The van der Waals surface area contributed by atoms with Gasteiger partial charge in [0.1, 0.15) is 24.7 Å². The van der Waals surface area contributed by atoms with E-state index in [0.29, 0.717) is 69.9 Å². The summed E-state index contributed by atoms with van der Waals surface area (Å²) >= 11 is 5.53. The third kappa shape index (κ3) is 6.19. The lowest BCUT2D eigenvalue weighted by atomic mass is 10.2. The first-order chi connectivity index (χ1) is 10.8. The van der Waals surface area contributed by atoms with E-state index in [2.05, 4.69) is 0 Å². The van der Waals surface area contributed by atoms with Gasteiger partial charge in [0.2, 0.25) is 0 Å². The van der Waals surface area contributed by atoms with Gasteiger partial charge in [-0.15, -0.1) is 0 Å². The molecule has 6 nitrogen and oxygen atoms in total. The summed E-state index contributed by atoms with van der Waals surface area (Å²) in [6.07, 6.45) is 0. The van der Waals surface area contributed by atoms with E-state index in [1.165, 1.54) is 0 Å². The summed E-state index contributed by atoms with van der Waals surface area (Å²) in [4.78, 5) is 11.3. The van der Waals surface area contributed by atoms with Crippen LogP contribution in [-0.4, -0.2) is 58.1 Å². The van der Waals surface area contributed by atoms with Gasteiger partial charge >= 0.3 is 0 Å². The largest absolute Gasteiger partial charge is 0.491 e. The average Bonchev–Trinajstić information content (AvgIpc) is 2.50. The van der Waals surface area contributed by atoms with Crippen LogP contribution in [0.2, 0.25) is 0 Å². The second kappa shape index (κ2) is 9.63. The van der Waals surface area contributed by atoms with Crippen LogP contribution in [0.1, 0.15) is 10.4 Å². The van der Waals surface area contributed by atoms with Gasteiger partial charge in [-0.1, -0.05) is 0 Å². The number of rotatable bonds is 1. The zero-order chi connectivity index (χ0) is 15.6. The van der Waals surface area contributed by atoms with Gasteiger partial charge in [-0.2, -0.15) is 0 Å². The number of fused-ring (bicyclic) bond motifs is 2. The van der Waals surface area contributed by atoms with E-state index in [9.17, 15) is 4.79 Å². The molecule has 0 aliphatic carbocycles. The number of hydrogen-bond donors (Lipinski definition) is 0. The van der Waals surface area contributed by atoms with Gasteiger partial charge in [0.25, 0.3) is 5.24 Å². The van der Waals surface area contributed by atoms with Crippen LogP contribution < -0.4 is 9.47 Å². The summed E-state index contributed by atoms with van der Waals surface area (Å²) in [6.45, 7) is 3.60. The molecular weight excluding hydrogens is 312 g/mol. The quantitative estimate of drug-likeness (QED) is 0.733. The van der Waals surface area contributed by atoms with E-state index in [4.69, 9.17) is 35.3 Å². The fraction of sp³-hybridized carbons (Fsp3) is 0.533. The molecule has 0 saturated heterocycles. The zero-order valence-electron chi connectivity index (χ0n) is 12.2. The molecule has 1 aromatic carbocycles. The van der Waals surface area contributed by atoms with E-state index < -0.39 is 5.24 Å². The maximum atomic E-state index is 11.3. The molecule has 2 rings (SSSR count). The molecular formula is C15H19ClO6. The van der Waals surface area contributed by atoms with Crippen LogP contribution in [-0.2, 0) is 14.2 Å². The van der Waals surface area contributed by atoms with E-state index in [1.54, 1.807) is 18.2 Å². The summed E-state index contributed by atoms with van der Waals surface area (Å²) in [5.74, 6) is 1.02. The molecule has 0 saturated carbocycles. The Kier molecular flexibility index (Phi) is 7.45. The highest BCUT2D eigenvalue weighted by molar-refractivity contribution is 6.67. The van der Waals surface area contributed by atoms with Crippen molar-refractivity contribution in [3.8, 4) is 11.5 Å². The third-order valence-corrected chi connectivity index (χ3v) is 3.06. The van der Waals surface area contributed by atoms with E-state index in [-0.39, 0.29) is 0 Å². The Morgan fingerprint density at radius 3 is 1.55 bits per heavy atom. The Morgan fingerprint density at radius 2 is 1.14 bits per heavy atom. The van der Waals surface area contributed by atoms with Gasteiger partial charge in [-0.3, -0.25) is 4.79 Å². The Balaban J connectivity index is 2.01. The topological polar surface area (TPSA) is 63.2 Å². The number of carbonyl (C=O) groups is 1. The highest BCUT2D eigenvalue weighted by Gasteiger charge is 2.08. The standard InChI is InChI=1S/C15H19ClO6/c16-15(17)12-9-13-11-14(10-12)22-8-6-20-4-2-18-1-3-19-5-7-21-13/h9-11H,1-8H2. The summed E-state index contributed by atoms with van der Waals surface area (Å²) in [5, 5.41) is -0.561. The van der Waals surface area contributed by atoms with Crippen LogP contribution >= 0.6 is 11.6 Å². The van der Waals surface area contributed by atoms with Gasteiger partial charge in [0.15, 0.2) is 0 Å². The highest BCUT2D eigenvalue weighted by atomic mass is 35.5. The minimum atomic E-state index is -0.561. The van der Waals surface area contributed by atoms with Crippen molar-refractivity contribution in [2.24, 2.45) is 0 Å². The van der Waals surface area contributed by atoms with Crippen molar-refractivity contribution < 1.29 is 28.5 Å². The monoisotopic (exact) mass is 330 g/mol. The van der Waals surface area contributed by atoms with Crippen molar-refractivity contribution in [3.63, 3.8) is 0 Å². The number of carbonyl (C=O) groups excluding carboxylic acids is 1. The van der Waals surface area contributed by atoms with E-state index >= 15 is 0 Å². The second-order valence-corrected chi connectivity index (χ2v) is 4.84. The van der Waals surface area contributed by atoms with Crippen molar-refractivity contribution in [2.75, 3.05) is 52.9 Å². The number of halogens is 1. The summed E-state index contributed by atoms with van der Waals surface area (Å²) in [7, 11) is 0. The molecule has 0 radical (unpaired) electrons. The number of hydrogen-bond acceptors (Lipinski definition) is 6. The molecule has 1 heterocycles. The van der Waals surface area contributed by atoms with Gasteiger partial charge in [-0.25, -0.2) is 0 Å². The average molecular weight is 331 g/mol. The Bertz CT molecular complexity index is 447. The fourth-order valence-corrected chi connectivity index (χ4v) is 1.94. The van der Waals surface area contributed by atoms with Crippen molar-refractivity contribution in [3.05, 3.63) is 23.8 Å². The molecule has 0 N–H and O–H groups in total. The minimum absolute atomic E-state index is 0.325. The van der Waals surface area contributed by atoms with Crippen molar-refractivity contribution in [1.82, 2.24) is 0 Å². The van der Waals surface area contributed by atoms with Crippen LogP contribution in [0.15, 0.2) is 18.2 Å². The van der Waals surface area contributed by atoms with Crippen molar-refractivity contribution in [2.45, 2.75) is 0 Å². The molecule has 0 aromatic heterocycles. The zero-order valence-corrected chi connectivity index (χ0v) is 13.0. The third-order valence-electron chi connectivity index (χ3n) is 2.84. The molecule has 0 amide bonds. The SMILES string of the molecule is O=C(Cl)c1cc2cc(c1)OCCOCCOCCOCCO2. The minimum Gasteiger partial charge on any atom is -0.491 e. The lowest BCUT2D eigenvalue weighted by Gasteiger charge is -2.13. The molecule has 0 spiro atoms. The molecule has 0 unspecified atom stereocenters. The normalized spacial score (nSPS) is 18.0. The summed E-state index contributed by atoms with van der Waals surface area (Å²) < 4.78 is 27.2. The molecule has 122 valence electrons. The Labute approximate surface area is 134 Å². The fourth-order valence-electron chi connectivity index (χ4n) is 1.83. The molecule has 22 heavy (non-hydrogen) atoms. The lowest BCUT2D eigenvalue weighted by Crippen LogP contribution is -2.15. The molecule has 1 aromatic rings. The second-order valence-electron chi connectivity index (χ2n) is 4.50. The van der Waals surface area contributed by atoms with E-state index in [0.717, 1.165) is 0 Å². The van der Waals surface area contributed by atoms with Gasteiger partial charge in [-0.05, 0) is 23.7 Å². The molecule has 0 atom stereocenters. The van der Waals surface area contributed by atoms with Crippen LogP contribution in [0.25, 0.3) is 0 Å². The lowest BCUT2D eigenvalue weighted by molar-refractivity contribution is 0.00433. The Hall–Kier alpha value is -1.34. The first kappa shape index (κ1) is 17.0. The first-order valence-electron chi connectivity index (χ1n) is 7.09. The summed E-state index contributed by atoms with van der Waals surface area (Å²) in [5.41, 5.74) is 0.325. The molecule has 1 aliphatic rings. The maximum Gasteiger partial charge on any atom is 0.252 e. The van der Waals surface area contributed by atoms with Gasteiger partial charge in [0.05, 0.1) is 39.6 Å². The Morgan fingerprint density at radius 1 is 0.727 bits per heavy atom. The molecule has 1 aliphatic heterocycles. The van der Waals surface area contributed by atoms with Crippen LogP contribution in [0.3, 0.4) is 0 Å². The molecule has 0 fully saturated rings. The highest BCUT2D eigenvalue weighted by Crippen LogP contribution is 2.24. The van der Waals surface area contributed by atoms with Crippen molar-refractivity contribution in [1.29, 1.82) is 0 Å². The summed E-state index contributed by atoms with van der Waals surface area (Å²) in [6, 6.07) is 4.86. The predicted molar refractivity (Wildman–Crippen MR) is 80.1 cm³/mol. The van der Waals surface area contributed by atoms with Crippen molar-refractivity contribution >= 4 is 16.8 Å². The predicted octanol–water partition coefficient (Wildman–Crippen LogP) is 1.89. The molecule has 2 bridgehead atoms.